The molecule has 8 nitrogen and oxygen atoms in total. The molecule has 2 N–H and O–H groups in total. The van der Waals surface area contributed by atoms with Crippen LogP contribution in [0.4, 0.5) is 4.79 Å². The van der Waals surface area contributed by atoms with E-state index in [0.717, 1.165) is 29.0 Å². The summed E-state index contributed by atoms with van der Waals surface area (Å²) in [6.07, 6.45) is 3.36. The number of nitrogens with one attached hydrogen (secondary N) is 2. The van der Waals surface area contributed by atoms with Crippen molar-refractivity contribution in [2.24, 2.45) is 0 Å². The summed E-state index contributed by atoms with van der Waals surface area (Å²) in [5, 5.41) is 9.50. The molecule has 0 atom stereocenters. The van der Waals surface area contributed by atoms with Crippen molar-refractivity contribution >= 4 is 17.8 Å². The number of aromatic nitrogens is 2. The van der Waals surface area contributed by atoms with Crippen LogP contribution >= 0.6 is 0 Å². The Morgan fingerprint density at radius 1 is 1.48 bits per heavy atom. The van der Waals surface area contributed by atoms with Crippen LogP contribution in [0.25, 0.3) is 0 Å². The molecule has 0 bridgehead atoms. The van der Waals surface area contributed by atoms with Crippen LogP contribution in [0.2, 0.25) is 0 Å². The predicted octanol–water partition coefficient (Wildman–Crippen LogP) is -0.339. The smallest absolute Gasteiger partial charge is 0.327 e. The number of aryl methyl sites for hydroxylation is 2. The summed E-state index contributed by atoms with van der Waals surface area (Å²) in [6.45, 7) is 2.26. The lowest BCUT2D eigenvalue weighted by atomic mass is 10.1. The number of urea groups is 1. The molecular formula is C13H19N5O3. The summed E-state index contributed by atoms with van der Waals surface area (Å²) in [7, 11) is 1.53. The van der Waals surface area contributed by atoms with Crippen LogP contribution in [0.3, 0.4) is 0 Å². The number of imide groups is 1. The van der Waals surface area contributed by atoms with Gasteiger partial charge >= 0.3 is 6.03 Å². The molecule has 2 heterocycles. The van der Waals surface area contributed by atoms with Crippen molar-refractivity contribution in [3.05, 3.63) is 17.5 Å². The monoisotopic (exact) mass is 293 g/mol. The fraction of sp³-hybridized carbons (Fsp3) is 0.538. The summed E-state index contributed by atoms with van der Waals surface area (Å²) < 4.78 is 0. The van der Waals surface area contributed by atoms with Crippen LogP contribution in [0, 0.1) is 6.92 Å². The fourth-order valence-corrected chi connectivity index (χ4v) is 2.16. The Morgan fingerprint density at radius 3 is 2.81 bits per heavy atom. The summed E-state index contributed by atoms with van der Waals surface area (Å²) in [6, 6.07) is -0.427. The molecule has 1 saturated heterocycles. The first-order valence-electron chi connectivity index (χ1n) is 6.80. The largest absolute Gasteiger partial charge is 0.355 e. The molecule has 1 aromatic heterocycles. The first kappa shape index (κ1) is 15.0. The van der Waals surface area contributed by atoms with Gasteiger partial charge in [-0.05, 0) is 25.3 Å². The van der Waals surface area contributed by atoms with Crippen LogP contribution in [0.5, 0.6) is 0 Å². The Bertz CT molecular complexity index is 554. The number of carbonyl (C=O) groups is 3. The number of hydrogen-bond donors (Lipinski definition) is 2. The van der Waals surface area contributed by atoms with E-state index in [2.05, 4.69) is 15.5 Å². The van der Waals surface area contributed by atoms with E-state index >= 15 is 0 Å². The molecule has 1 fully saturated rings. The van der Waals surface area contributed by atoms with E-state index < -0.39 is 6.03 Å². The van der Waals surface area contributed by atoms with Gasteiger partial charge < -0.3 is 10.2 Å². The maximum absolute atomic E-state index is 11.7. The quantitative estimate of drug-likeness (QED) is 0.554. The molecule has 0 radical (unpaired) electrons. The van der Waals surface area contributed by atoms with E-state index in [-0.39, 0.29) is 24.9 Å². The topological polar surface area (TPSA) is 98.4 Å². The number of aromatic amines is 1. The lowest BCUT2D eigenvalue weighted by Crippen LogP contribution is -2.41. The maximum Gasteiger partial charge on any atom is 0.327 e. The molecule has 8 heteroatoms. The summed E-state index contributed by atoms with van der Waals surface area (Å²) in [5.74, 6) is -0.664. The minimum absolute atomic E-state index is 0.0336. The zero-order chi connectivity index (χ0) is 15.4. The molecule has 0 unspecified atom stereocenters. The van der Waals surface area contributed by atoms with Gasteiger partial charge in [0.25, 0.3) is 5.91 Å². The van der Waals surface area contributed by atoms with Gasteiger partial charge in [0.15, 0.2) is 0 Å². The third-order valence-electron chi connectivity index (χ3n) is 3.41. The van der Waals surface area contributed by atoms with Gasteiger partial charge in [0, 0.05) is 19.3 Å². The van der Waals surface area contributed by atoms with Gasteiger partial charge in [-0.15, -0.1) is 0 Å². The van der Waals surface area contributed by atoms with Crippen LogP contribution in [-0.2, 0) is 16.0 Å². The third-order valence-corrected chi connectivity index (χ3v) is 3.41. The Kier molecular flexibility index (Phi) is 4.56. The second-order valence-electron chi connectivity index (χ2n) is 5.09. The second kappa shape index (κ2) is 6.38. The molecule has 2 rings (SSSR count). The Hall–Kier alpha value is -2.38. The SMILES string of the molecule is Cc1[nH]ncc1CCCNC(=O)CN1C(=O)CN(C)C1=O. The molecule has 0 saturated carbocycles. The standard InChI is InChI=1S/C13H19N5O3/c1-9-10(6-15-16-9)4-3-5-14-11(19)7-18-12(20)8-17(2)13(18)21/h6H,3-5,7-8H2,1-2H3,(H,14,19)(H,15,16). The van der Waals surface area contributed by atoms with Crippen LogP contribution < -0.4 is 5.32 Å². The molecule has 0 spiro atoms. The van der Waals surface area contributed by atoms with E-state index in [4.69, 9.17) is 0 Å². The lowest BCUT2D eigenvalue weighted by Gasteiger charge is -2.13. The first-order chi connectivity index (χ1) is 9.99. The molecular weight excluding hydrogens is 274 g/mol. The Labute approximate surface area is 122 Å². The van der Waals surface area contributed by atoms with Crippen molar-refractivity contribution < 1.29 is 14.4 Å². The van der Waals surface area contributed by atoms with Crippen LogP contribution in [-0.4, -0.2) is 64.5 Å². The normalized spacial score (nSPS) is 15.0. The maximum atomic E-state index is 11.7. The van der Waals surface area contributed by atoms with E-state index in [1.807, 2.05) is 6.92 Å². The Balaban J connectivity index is 1.69. The van der Waals surface area contributed by atoms with Gasteiger partial charge in [0.05, 0.1) is 6.20 Å². The van der Waals surface area contributed by atoms with E-state index in [9.17, 15) is 14.4 Å². The third kappa shape index (κ3) is 3.59. The highest BCUT2D eigenvalue weighted by Crippen LogP contribution is 2.07. The molecule has 0 aliphatic carbocycles. The number of rotatable bonds is 6. The molecule has 21 heavy (non-hydrogen) atoms. The van der Waals surface area contributed by atoms with Gasteiger partial charge in [-0.3, -0.25) is 19.6 Å². The number of amides is 4. The Morgan fingerprint density at radius 2 is 2.24 bits per heavy atom. The number of nitrogens with zero attached hydrogens (tertiary/aromatic N) is 3. The van der Waals surface area contributed by atoms with Crippen molar-refractivity contribution in [3.63, 3.8) is 0 Å². The van der Waals surface area contributed by atoms with Gasteiger partial charge in [-0.1, -0.05) is 0 Å². The molecule has 0 aromatic carbocycles. The molecule has 1 aliphatic heterocycles. The number of H-pyrrole nitrogens is 1. The number of hydrogen-bond acceptors (Lipinski definition) is 4. The number of likely N-dealkylation sites (N-methyl/N-ethyl adjacent to an activating group) is 1. The average molecular weight is 293 g/mol. The predicted molar refractivity (Wildman–Crippen MR) is 74.4 cm³/mol. The molecule has 114 valence electrons. The summed E-state index contributed by atoms with van der Waals surface area (Å²) in [5.41, 5.74) is 2.15. The van der Waals surface area contributed by atoms with Gasteiger partial charge in [-0.25, -0.2) is 4.79 Å². The van der Waals surface area contributed by atoms with Crippen molar-refractivity contribution in [2.45, 2.75) is 19.8 Å². The summed E-state index contributed by atoms with van der Waals surface area (Å²) >= 11 is 0. The van der Waals surface area contributed by atoms with Gasteiger partial charge in [-0.2, -0.15) is 5.10 Å². The van der Waals surface area contributed by atoms with Gasteiger partial charge in [0.2, 0.25) is 5.91 Å². The van der Waals surface area contributed by atoms with Crippen molar-refractivity contribution in [2.75, 3.05) is 26.7 Å². The lowest BCUT2D eigenvalue weighted by molar-refractivity contribution is -0.130. The molecule has 4 amide bonds. The zero-order valence-corrected chi connectivity index (χ0v) is 12.2. The van der Waals surface area contributed by atoms with Crippen LogP contribution in [0.15, 0.2) is 6.20 Å². The fourth-order valence-electron chi connectivity index (χ4n) is 2.16. The van der Waals surface area contributed by atoms with Gasteiger partial charge in [0.1, 0.15) is 13.1 Å². The van der Waals surface area contributed by atoms with E-state index in [1.165, 1.54) is 11.9 Å². The minimum Gasteiger partial charge on any atom is -0.355 e. The highest BCUT2D eigenvalue weighted by Gasteiger charge is 2.34. The van der Waals surface area contributed by atoms with E-state index in [1.54, 1.807) is 6.20 Å². The molecule has 1 aromatic rings. The highest BCUT2D eigenvalue weighted by atomic mass is 16.2. The zero-order valence-electron chi connectivity index (χ0n) is 12.2. The van der Waals surface area contributed by atoms with Crippen molar-refractivity contribution in [1.82, 2.24) is 25.3 Å². The van der Waals surface area contributed by atoms with Crippen molar-refractivity contribution in [3.8, 4) is 0 Å². The highest BCUT2D eigenvalue weighted by molar-refractivity contribution is 6.04. The average Bonchev–Trinajstić information content (AvgIpc) is 2.94. The molecule has 1 aliphatic rings. The number of carbonyl (C=O) groups excluding carboxylic acids is 3. The van der Waals surface area contributed by atoms with E-state index in [0.29, 0.717) is 6.54 Å². The summed E-state index contributed by atoms with van der Waals surface area (Å²) in [4.78, 5) is 37.1. The van der Waals surface area contributed by atoms with Crippen molar-refractivity contribution in [1.29, 1.82) is 0 Å². The minimum atomic E-state index is -0.427. The second-order valence-corrected chi connectivity index (χ2v) is 5.09. The first-order valence-corrected chi connectivity index (χ1v) is 6.80. The van der Waals surface area contributed by atoms with Crippen LogP contribution in [0.1, 0.15) is 17.7 Å².